The minimum atomic E-state index is -0.933. The Labute approximate surface area is 126 Å². The molecule has 0 aliphatic heterocycles. The second-order valence-electron chi connectivity index (χ2n) is 5.30. The van der Waals surface area contributed by atoms with E-state index in [-0.39, 0.29) is 16.8 Å². The molecule has 2 aromatic heterocycles. The fraction of sp³-hybridized carbons (Fsp3) is 0.176. The van der Waals surface area contributed by atoms with Gasteiger partial charge in [-0.3, -0.25) is 9.20 Å². The molecule has 0 radical (unpaired) electrons. The molecule has 2 heterocycles. The largest absolute Gasteiger partial charge is 0.387 e. The fourth-order valence-corrected chi connectivity index (χ4v) is 2.48. The predicted octanol–water partition coefficient (Wildman–Crippen LogP) is 2.86. The van der Waals surface area contributed by atoms with Crippen molar-refractivity contribution in [3.63, 3.8) is 0 Å². The molecule has 0 saturated carbocycles. The zero-order chi connectivity index (χ0) is 15.9. The third-order valence-corrected chi connectivity index (χ3v) is 3.51. The quantitative estimate of drug-likeness (QED) is 0.791. The molecule has 3 rings (SSSR count). The summed E-state index contributed by atoms with van der Waals surface area (Å²) < 4.78 is 14.9. The van der Waals surface area contributed by atoms with Gasteiger partial charge in [0.05, 0.1) is 17.4 Å². The number of aryl methyl sites for hydroxylation is 1. The van der Waals surface area contributed by atoms with Crippen molar-refractivity contribution in [2.45, 2.75) is 20.0 Å². The van der Waals surface area contributed by atoms with Crippen LogP contribution in [0.2, 0.25) is 0 Å². The van der Waals surface area contributed by atoms with Crippen LogP contribution in [0.4, 0.5) is 4.39 Å². The van der Waals surface area contributed by atoms with Gasteiger partial charge >= 0.3 is 0 Å². The van der Waals surface area contributed by atoms with E-state index >= 15 is 0 Å². The highest BCUT2D eigenvalue weighted by Crippen LogP contribution is 2.24. The molecule has 5 heteroatoms. The van der Waals surface area contributed by atoms with Gasteiger partial charge in [0, 0.05) is 6.20 Å². The number of rotatable bonds is 2. The normalized spacial score (nSPS) is 12.5. The van der Waals surface area contributed by atoms with Crippen LogP contribution in [-0.4, -0.2) is 14.5 Å². The molecule has 3 aromatic rings. The lowest BCUT2D eigenvalue weighted by Crippen LogP contribution is -2.21. The van der Waals surface area contributed by atoms with E-state index in [1.165, 1.54) is 29.5 Å². The Bertz CT molecular complexity index is 916. The maximum atomic E-state index is 13.5. The van der Waals surface area contributed by atoms with E-state index in [4.69, 9.17) is 0 Å². The van der Waals surface area contributed by atoms with Crippen molar-refractivity contribution in [3.8, 4) is 11.1 Å². The monoisotopic (exact) mass is 298 g/mol. The molecule has 22 heavy (non-hydrogen) atoms. The predicted molar refractivity (Wildman–Crippen MR) is 82.2 cm³/mol. The van der Waals surface area contributed by atoms with Crippen LogP contribution in [-0.2, 0) is 0 Å². The van der Waals surface area contributed by atoms with Crippen molar-refractivity contribution >= 4 is 5.65 Å². The first-order valence-electron chi connectivity index (χ1n) is 6.94. The summed E-state index contributed by atoms with van der Waals surface area (Å²) in [7, 11) is 0. The van der Waals surface area contributed by atoms with E-state index in [9.17, 15) is 14.3 Å². The van der Waals surface area contributed by atoms with Crippen molar-refractivity contribution in [2.75, 3.05) is 0 Å². The summed E-state index contributed by atoms with van der Waals surface area (Å²) in [6, 6.07) is 9.30. The van der Waals surface area contributed by atoms with Gasteiger partial charge in [0.15, 0.2) is 0 Å². The van der Waals surface area contributed by atoms with E-state index in [0.717, 1.165) is 5.56 Å². The lowest BCUT2D eigenvalue weighted by atomic mass is 10.0. The number of hydrogen-bond donors (Lipinski definition) is 1. The maximum absolute atomic E-state index is 13.5. The van der Waals surface area contributed by atoms with Gasteiger partial charge in [-0.05, 0) is 43.2 Å². The second-order valence-corrected chi connectivity index (χ2v) is 5.30. The van der Waals surface area contributed by atoms with Crippen molar-refractivity contribution < 1.29 is 9.50 Å². The molecule has 0 aliphatic carbocycles. The molecule has 1 unspecified atom stereocenters. The number of aliphatic hydroxyl groups excluding tert-OH is 1. The zero-order valence-electron chi connectivity index (χ0n) is 12.2. The molecule has 4 nitrogen and oxygen atoms in total. The number of aromatic nitrogens is 2. The Kier molecular flexibility index (Phi) is 3.50. The highest BCUT2D eigenvalue weighted by molar-refractivity contribution is 5.67. The fourth-order valence-electron chi connectivity index (χ4n) is 2.48. The summed E-state index contributed by atoms with van der Waals surface area (Å²) in [6.45, 7) is 3.41. The van der Waals surface area contributed by atoms with Gasteiger partial charge in [0.2, 0.25) is 0 Å². The second kappa shape index (κ2) is 5.35. The first-order chi connectivity index (χ1) is 10.5. The molecule has 0 fully saturated rings. The van der Waals surface area contributed by atoms with Gasteiger partial charge in [0.1, 0.15) is 11.5 Å². The lowest BCUT2D eigenvalue weighted by Gasteiger charge is -2.13. The van der Waals surface area contributed by atoms with Crippen LogP contribution >= 0.6 is 0 Å². The molecule has 1 N–H and O–H groups in total. The highest BCUT2D eigenvalue weighted by atomic mass is 19.1. The number of fused-ring (bicyclic) bond motifs is 1. The molecule has 1 atom stereocenters. The zero-order valence-corrected chi connectivity index (χ0v) is 12.2. The van der Waals surface area contributed by atoms with E-state index in [0.29, 0.717) is 11.2 Å². The number of hydrogen-bond acceptors (Lipinski definition) is 3. The van der Waals surface area contributed by atoms with Crippen molar-refractivity contribution in [1.29, 1.82) is 0 Å². The number of pyridine rings is 1. The Morgan fingerprint density at radius 2 is 2.05 bits per heavy atom. The molecule has 0 saturated heterocycles. The average Bonchev–Trinajstić information content (AvgIpc) is 2.47. The third-order valence-electron chi connectivity index (χ3n) is 3.51. The standard InChI is InChI=1S/C17H15FN2O2/c1-10-6-7-14-19-16(11(2)21)15(17(22)20(14)9-10)12-4-3-5-13(18)8-12/h3-9,11,21H,1-2H3. The summed E-state index contributed by atoms with van der Waals surface area (Å²) in [4.78, 5) is 17.2. The van der Waals surface area contributed by atoms with Gasteiger partial charge in [-0.25, -0.2) is 9.37 Å². The van der Waals surface area contributed by atoms with Crippen LogP contribution in [0.5, 0.6) is 0 Å². The number of nitrogens with zero attached hydrogens (tertiary/aromatic N) is 2. The van der Waals surface area contributed by atoms with Crippen LogP contribution in [0.3, 0.4) is 0 Å². The molecule has 0 spiro atoms. The Morgan fingerprint density at radius 1 is 1.27 bits per heavy atom. The van der Waals surface area contributed by atoms with Crippen molar-refractivity contribution in [2.24, 2.45) is 0 Å². The third kappa shape index (κ3) is 2.40. The molecule has 112 valence electrons. The van der Waals surface area contributed by atoms with E-state index < -0.39 is 11.9 Å². The van der Waals surface area contributed by atoms with Gasteiger partial charge < -0.3 is 5.11 Å². The lowest BCUT2D eigenvalue weighted by molar-refractivity contribution is 0.195. The molecular formula is C17H15FN2O2. The summed E-state index contributed by atoms with van der Waals surface area (Å²) in [5.41, 5.74) is 1.91. The Hall–Kier alpha value is -2.53. The van der Waals surface area contributed by atoms with E-state index in [1.807, 2.05) is 13.0 Å². The summed E-state index contributed by atoms with van der Waals surface area (Å²) >= 11 is 0. The summed E-state index contributed by atoms with van der Waals surface area (Å²) in [6.07, 6.45) is 0.747. The van der Waals surface area contributed by atoms with Gasteiger partial charge in [-0.1, -0.05) is 18.2 Å². The van der Waals surface area contributed by atoms with Crippen LogP contribution in [0.25, 0.3) is 16.8 Å². The first-order valence-corrected chi connectivity index (χ1v) is 6.94. The van der Waals surface area contributed by atoms with Crippen molar-refractivity contribution in [1.82, 2.24) is 9.38 Å². The van der Waals surface area contributed by atoms with Crippen molar-refractivity contribution in [3.05, 3.63) is 70.0 Å². The number of benzene rings is 1. The van der Waals surface area contributed by atoms with Crippen LogP contribution in [0, 0.1) is 12.7 Å². The summed E-state index contributed by atoms with van der Waals surface area (Å²) in [5, 5.41) is 9.97. The number of aliphatic hydroxyl groups is 1. The van der Waals surface area contributed by atoms with Crippen LogP contribution in [0.1, 0.15) is 24.3 Å². The topological polar surface area (TPSA) is 54.6 Å². The smallest absolute Gasteiger partial charge is 0.266 e. The number of halogens is 1. The Morgan fingerprint density at radius 3 is 2.73 bits per heavy atom. The Balaban J connectivity index is 2.43. The minimum absolute atomic E-state index is 0.220. The van der Waals surface area contributed by atoms with Gasteiger partial charge in [0.25, 0.3) is 5.56 Å². The van der Waals surface area contributed by atoms with Gasteiger partial charge in [-0.15, -0.1) is 0 Å². The van der Waals surface area contributed by atoms with Crippen LogP contribution < -0.4 is 5.56 Å². The minimum Gasteiger partial charge on any atom is -0.387 e. The van der Waals surface area contributed by atoms with E-state index in [1.54, 1.807) is 18.3 Å². The maximum Gasteiger partial charge on any atom is 0.266 e. The molecule has 1 aromatic carbocycles. The SMILES string of the molecule is Cc1ccc2nc(C(C)O)c(-c3cccc(F)c3)c(=O)n2c1. The average molecular weight is 298 g/mol. The highest BCUT2D eigenvalue weighted by Gasteiger charge is 2.18. The first kappa shape index (κ1) is 14.4. The molecule has 0 bridgehead atoms. The van der Waals surface area contributed by atoms with Crippen LogP contribution in [0.15, 0.2) is 47.4 Å². The molecule has 0 amide bonds. The molecule has 0 aliphatic rings. The summed E-state index contributed by atoms with van der Waals surface area (Å²) in [5.74, 6) is -0.442. The van der Waals surface area contributed by atoms with Gasteiger partial charge in [-0.2, -0.15) is 0 Å². The molecular weight excluding hydrogens is 283 g/mol. The van der Waals surface area contributed by atoms with E-state index in [2.05, 4.69) is 4.98 Å².